The van der Waals surface area contributed by atoms with Crippen molar-refractivity contribution in [1.82, 2.24) is 14.9 Å². The average molecular weight is 271 g/mol. The molecule has 1 saturated heterocycles. The van der Waals surface area contributed by atoms with Crippen LogP contribution in [0.15, 0.2) is 24.5 Å². The smallest absolute Gasteiger partial charge is 0.137 e. The van der Waals surface area contributed by atoms with Crippen LogP contribution < -0.4 is 0 Å². The van der Waals surface area contributed by atoms with E-state index in [0.29, 0.717) is 5.41 Å². The molecule has 1 aliphatic rings. The lowest BCUT2D eigenvalue weighted by Gasteiger charge is -2.38. The molecule has 20 heavy (non-hydrogen) atoms. The lowest BCUT2D eigenvalue weighted by Crippen LogP contribution is -2.37. The van der Waals surface area contributed by atoms with E-state index in [2.05, 4.69) is 47.8 Å². The number of likely N-dealkylation sites (tertiary alicyclic amines) is 1. The highest BCUT2D eigenvalue weighted by Crippen LogP contribution is 2.34. The molecule has 108 valence electrons. The van der Waals surface area contributed by atoms with Crippen molar-refractivity contribution in [3.8, 4) is 0 Å². The lowest BCUT2D eigenvalue weighted by molar-refractivity contribution is 0.108. The topological polar surface area (TPSA) is 31.9 Å². The Bertz CT molecular complexity index is 571. The quantitative estimate of drug-likeness (QED) is 0.900. The molecule has 3 rings (SSSR count). The van der Waals surface area contributed by atoms with Gasteiger partial charge in [-0.05, 0) is 55.0 Å². The fourth-order valence-electron chi connectivity index (χ4n) is 3.35. The van der Waals surface area contributed by atoms with E-state index in [0.717, 1.165) is 18.1 Å². The summed E-state index contributed by atoms with van der Waals surface area (Å²) in [7, 11) is 0. The first kappa shape index (κ1) is 13.6. The van der Waals surface area contributed by atoms with Crippen molar-refractivity contribution in [1.29, 1.82) is 0 Å². The van der Waals surface area contributed by atoms with Crippen LogP contribution in [0.3, 0.4) is 0 Å². The Morgan fingerprint density at radius 1 is 1.25 bits per heavy atom. The van der Waals surface area contributed by atoms with Crippen LogP contribution in [0.2, 0.25) is 0 Å². The monoisotopic (exact) mass is 271 g/mol. The molecule has 0 aliphatic carbocycles. The van der Waals surface area contributed by atoms with E-state index >= 15 is 0 Å². The maximum absolute atomic E-state index is 4.37. The average Bonchev–Trinajstić information content (AvgIpc) is 2.88. The number of H-pyrrole nitrogens is 1. The Morgan fingerprint density at radius 3 is 2.70 bits per heavy atom. The Hall–Kier alpha value is -1.35. The fourth-order valence-corrected chi connectivity index (χ4v) is 3.35. The van der Waals surface area contributed by atoms with E-state index < -0.39 is 0 Å². The Kier molecular flexibility index (Phi) is 3.55. The number of fused-ring (bicyclic) bond motifs is 1. The summed E-state index contributed by atoms with van der Waals surface area (Å²) in [6.07, 6.45) is 6.54. The molecule has 3 heteroatoms. The standard InChI is InChI=1S/C17H25N3/c1-17(2,3)14-6-10-20(11-7-14)12-13-4-8-18-16-15(13)5-9-19-16/h4-5,8-9,14H,6-7,10-12H2,1-3H3,(H,18,19). The number of hydrogen-bond donors (Lipinski definition) is 1. The van der Waals surface area contributed by atoms with E-state index in [9.17, 15) is 0 Å². The van der Waals surface area contributed by atoms with Gasteiger partial charge < -0.3 is 4.98 Å². The summed E-state index contributed by atoms with van der Waals surface area (Å²) >= 11 is 0. The van der Waals surface area contributed by atoms with Gasteiger partial charge in [-0.2, -0.15) is 0 Å². The van der Waals surface area contributed by atoms with Crippen LogP contribution in [0.1, 0.15) is 39.2 Å². The van der Waals surface area contributed by atoms with Crippen molar-refractivity contribution in [2.24, 2.45) is 11.3 Å². The van der Waals surface area contributed by atoms with E-state index in [1.54, 1.807) is 0 Å². The van der Waals surface area contributed by atoms with Gasteiger partial charge in [0.15, 0.2) is 0 Å². The van der Waals surface area contributed by atoms with Crippen molar-refractivity contribution >= 4 is 11.0 Å². The number of hydrogen-bond acceptors (Lipinski definition) is 2. The van der Waals surface area contributed by atoms with Crippen molar-refractivity contribution in [3.05, 3.63) is 30.1 Å². The van der Waals surface area contributed by atoms with Crippen molar-refractivity contribution < 1.29 is 0 Å². The molecule has 1 fully saturated rings. The summed E-state index contributed by atoms with van der Waals surface area (Å²) < 4.78 is 0. The molecule has 0 spiro atoms. The number of aromatic nitrogens is 2. The molecule has 0 aromatic carbocycles. The maximum atomic E-state index is 4.37. The third-order valence-corrected chi connectivity index (χ3v) is 4.76. The minimum Gasteiger partial charge on any atom is -0.346 e. The van der Waals surface area contributed by atoms with Gasteiger partial charge in [-0.3, -0.25) is 4.90 Å². The molecule has 1 N–H and O–H groups in total. The largest absolute Gasteiger partial charge is 0.346 e. The number of nitrogens with zero attached hydrogens (tertiary/aromatic N) is 2. The SMILES string of the molecule is CC(C)(C)C1CCN(Cc2ccnc3[nH]ccc23)CC1. The maximum Gasteiger partial charge on any atom is 0.137 e. The molecule has 1 aliphatic heterocycles. The molecule has 2 aromatic heterocycles. The van der Waals surface area contributed by atoms with E-state index in [4.69, 9.17) is 0 Å². The van der Waals surface area contributed by atoms with Crippen LogP contribution in [-0.2, 0) is 6.54 Å². The summed E-state index contributed by atoms with van der Waals surface area (Å²) in [6, 6.07) is 4.30. The highest BCUT2D eigenvalue weighted by Gasteiger charge is 2.28. The first-order valence-electron chi connectivity index (χ1n) is 7.67. The zero-order valence-electron chi connectivity index (χ0n) is 12.8. The van der Waals surface area contributed by atoms with Gasteiger partial charge in [0.1, 0.15) is 5.65 Å². The summed E-state index contributed by atoms with van der Waals surface area (Å²) in [5.74, 6) is 0.864. The second kappa shape index (κ2) is 5.21. The Morgan fingerprint density at radius 2 is 2.00 bits per heavy atom. The van der Waals surface area contributed by atoms with E-state index in [1.165, 1.54) is 36.9 Å². The van der Waals surface area contributed by atoms with Gasteiger partial charge in [0, 0.05) is 24.3 Å². The fraction of sp³-hybridized carbons (Fsp3) is 0.588. The third kappa shape index (κ3) is 2.73. The highest BCUT2D eigenvalue weighted by molar-refractivity contribution is 5.79. The van der Waals surface area contributed by atoms with Gasteiger partial charge in [-0.1, -0.05) is 20.8 Å². The van der Waals surface area contributed by atoms with Gasteiger partial charge in [0.25, 0.3) is 0 Å². The summed E-state index contributed by atoms with van der Waals surface area (Å²) in [6.45, 7) is 10.6. The molecule has 3 heterocycles. The summed E-state index contributed by atoms with van der Waals surface area (Å²) in [4.78, 5) is 10.1. The van der Waals surface area contributed by atoms with Gasteiger partial charge in [0.2, 0.25) is 0 Å². The third-order valence-electron chi connectivity index (χ3n) is 4.76. The van der Waals surface area contributed by atoms with Crippen LogP contribution in [0.4, 0.5) is 0 Å². The van der Waals surface area contributed by atoms with E-state index in [-0.39, 0.29) is 0 Å². The lowest BCUT2D eigenvalue weighted by atomic mass is 9.75. The normalized spacial score (nSPS) is 18.8. The number of aromatic amines is 1. The number of rotatable bonds is 2. The summed E-state index contributed by atoms with van der Waals surface area (Å²) in [5, 5.41) is 1.27. The second-order valence-electron chi connectivity index (χ2n) is 7.13. The predicted octanol–water partition coefficient (Wildman–Crippen LogP) is 3.82. The molecule has 2 aromatic rings. The van der Waals surface area contributed by atoms with Crippen LogP contribution >= 0.6 is 0 Å². The molecule has 0 saturated carbocycles. The zero-order chi connectivity index (χ0) is 14.2. The minimum absolute atomic E-state index is 0.455. The molecule has 3 nitrogen and oxygen atoms in total. The molecular formula is C17H25N3. The van der Waals surface area contributed by atoms with Crippen LogP contribution in [-0.4, -0.2) is 28.0 Å². The van der Waals surface area contributed by atoms with E-state index in [1.807, 2.05) is 12.4 Å². The van der Waals surface area contributed by atoms with Gasteiger partial charge in [0.05, 0.1) is 0 Å². The highest BCUT2D eigenvalue weighted by atomic mass is 15.1. The van der Waals surface area contributed by atoms with Crippen LogP contribution in [0.25, 0.3) is 11.0 Å². The molecule has 0 unspecified atom stereocenters. The number of nitrogens with one attached hydrogen (secondary N) is 1. The first-order valence-corrected chi connectivity index (χ1v) is 7.67. The molecule has 0 bridgehead atoms. The molecular weight excluding hydrogens is 246 g/mol. The van der Waals surface area contributed by atoms with Gasteiger partial charge in [-0.15, -0.1) is 0 Å². The van der Waals surface area contributed by atoms with Crippen molar-refractivity contribution in [3.63, 3.8) is 0 Å². The van der Waals surface area contributed by atoms with Crippen LogP contribution in [0.5, 0.6) is 0 Å². The van der Waals surface area contributed by atoms with Crippen molar-refractivity contribution in [2.75, 3.05) is 13.1 Å². The van der Waals surface area contributed by atoms with Crippen molar-refractivity contribution in [2.45, 2.75) is 40.2 Å². The first-order chi connectivity index (χ1) is 9.54. The zero-order valence-corrected chi connectivity index (χ0v) is 12.8. The summed E-state index contributed by atoms with van der Waals surface area (Å²) in [5.41, 5.74) is 2.86. The number of piperidine rings is 1. The number of pyridine rings is 1. The molecule has 0 atom stereocenters. The Labute approximate surface area is 121 Å². The second-order valence-corrected chi connectivity index (χ2v) is 7.13. The van der Waals surface area contributed by atoms with Gasteiger partial charge >= 0.3 is 0 Å². The minimum atomic E-state index is 0.455. The molecule has 0 amide bonds. The van der Waals surface area contributed by atoms with Gasteiger partial charge in [-0.25, -0.2) is 4.98 Å². The Balaban J connectivity index is 1.67. The predicted molar refractivity (Wildman–Crippen MR) is 83.5 cm³/mol. The molecule has 0 radical (unpaired) electrons. The van der Waals surface area contributed by atoms with Crippen LogP contribution in [0, 0.1) is 11.3 Å².